The summed E-state index contributed by atoms with van der Waals surface area (Å²) in [6, 6.07) is 16.0. The van der Waals surface area contributed by atoms with Crippen LogP contribution < -0.4 is 15.4 Å². The minimum Gasteiger partial charge on any atom is -0.493 e. The van der Waals surface area contributed by atoms with Gasteiger partial charge in [-0.1, -0.05) is 26.0 Å². The number of carbonyl (C=O) groups is 1. The van der Waals surface area contributed by atoms with Crippen LogP contribution in [0.15, 0.2) is 73.2 Å². The fourth-order valence-electron chi connectivity index (χ4n) is 3.59. The van der Waals surface area contributed by atoms with E-state index in [4.69, 9.17) is 4.74 Å². The molecule has 1 atom stereocenters. The standard InChI is InChI=1S/C28H29N5O4S/c1-18(2)16-37-26-13-20(7-8-22(26)17-38(35)36)27(34)31-23-9-6-19(3)25(14-23)33-28-30-12-10-24(32-28)21-5-4-11-29-15-21/h4-15,18H,16-17H2,1-3H3,(H,31,34)(H,35,36)(H,30,32,33). The Morgan fingerprint density at radius 3 is 2.68 bits per heavy atom. The topological polar surface area (TPSA) is 126 Å². The summed E-state index contributed by atoms with van der Waals surface area (Å²) >= 11 is -2.03. The fourth-order valence-corrected chi connectivity index (χ4v) is 4.10. The number of aryl methyl sites for hydroxylation is 1. The first-order valence-corrected chi connectivity index (χ1v) is 13.3. The Bertz CT molecular complexity index is 1450. The first kappa shape index (κ1) is 26.9. The lowest BCUT2D eigenvalue weighted by atomic mass is 10.1. The SMILES string of the molecule is Cc1ccc(NC(=O)c2ccc(CS(=O)O)c(OCC(C)C)c2)cc1Nc1nccc(-c2cccnc2)n1. The second kappa shape index (κ2) is 12.4. The maximum Gasteiger partial charge on any atom is 0.255 e. The molecule has 4 rings (SSSR count). The van der Waals surface area contributed by atoms with Gasteiger partial charge in [0.15, 0.2) is 11.1 Å². The normalized spacial score (nSPS) is 11.7. The number of ether oxygens (including phenoxy) is 1. The van der Waals surface area contributed by atoms with E-state index < -0.39 is 11.1 Å². The molecule has 1 unspecified atom stereocenters. The second-order valence-corrected chi connectivity index (χ2v) is 10.0. The molecular formula is C28H29N5O4S. The zero-order chi connectivity index (χ0) is 27.1. The van der Waals surface area contributed by atoms with E-state index in [9.17, 15) is 13.6 Å². The summed E-state index contributed by atoms with van der Waals surface area (Å²) in [4.78, 5) is 26.1. The molecule has 9 nitrogen and oxygen atoms in total. The predicted octanol–water partition coefficient (Wildman–Crippen LogP) is 5.60. The van der Waals surface area contributed by atoms with Crippen molar-refractivity contribution in [1.82, 2.24) is 15.0 Å². The van der Waals surface area contributed by atoms with Crippen molar-refractivity contribution in [3.63, 3.8) is 0 Å². The Labute approximate surface area is 224 Å². The molecule has 0 saturated heterocycles. The number of benzene rings is 2. The Morgan fingerprint density at radius 2 is 1.95 bits per heavy atom. The third-order valence-electron chi connectivity index (χ3n) is 5.54. The smallest absolute Gasteiger partial charge is 0.255 e. The Morgan fingerprint density at radius 1 is 1.11 bits per heavy atom. The summed E-state index contributed by atoms with van der Waals surface area (Å²) < 4.78 is 26.5. The lowest BCUT2D eigenvalue weighted by Crippen LogP contribution is -2.14. The van der Waals surface area contributed by atoms with E-state index in [-0.39, 0.29) is 17.6 Å². The van der Waals surface area contributed by atoms with Gasteiger partial charge in [-0.05, 0) is 60.9 Å². The molecule has 4 aromatic rings. The van der Waals surface area contributed by atoms with Crippen molar-refractivity contribution < 1.29 is 18.3 Å². The molecule has 2 heterocycles. The molecule has 0 bridgehead atoms. The molecule has 3 N–H and O–H groups in total. The Kier molecular flexibility index (Phi) is 8.77. The average molecular weight is 532 g/mol. The molecule has 0 fully saturated rings. The summed E-state index contributed by atoms with van der Waals surface area (Å²) in [5.74, 6) is 0.687. The van der Waals surface area contributed by atoms with Gasteiger partial charge in [0.1, 0.15) is 5.75 Å². The monoisotopic (exact) mass is 531 g/mol. The number of hydrogen-bond acceptors (Lipinski definition) is 7. The first-order valence-electron chi connectivity index (χ1n) is 12.0. The number of amides is 1. The molecule has 0 radical (unpaired) electrons. The van der Waals surface area contributed by atoms with Crippen molar-refractivity contribution in [1.29, 1.82) is 0 Å². The number of rotatable bonds is 10. The van der Waals surface area contributed by atoms with Crippen molar-refractivity contribution in [2.75, 3.05) is 17.2 Å². The molecule has 0 aliphatic rings. The van der Waals surface area contributed by atoms with E-state index >= 15 is 0 Å². The number of nitrogens with one attached hydrogen (secondary N) is 2. The van der Waals surface area contributed by atoms with Crippen LogP contribution in [0, 0.1) is 12.8 Å². The van der Waals surface area contributed by atoms with Crippen LogP contribution in [0.3, 0.4) is 0 Å². The molecular weight excluding hydrogens is 502 g/mol. The number of pyridine rings is 1. The van der Waals surface area contributed by atoms with Gasteiger partial charge in [0.25, 0.3) is 5.91 Å². The molecule has 2 aromatic heterocycles. The van der Waals surface area contributed by atoms with E-state index in [2.05, 4.69) is 25.6 Å². The second-order valence-electron chi connectivity index (χ2n) is 9.11. The predicted molar refractivity (Wildman–Crippen MR) is 149 cm³/mol. The quantitative estimate of drug-likeness (QED) is 0.226. The molecule has 0 spiro atoms. The lowest BCUT2D eigenvalue weighted by Gasteiger charge is -2.15. The van der Waals surface area contributed by atoms with Crippen molar-refractivity contribution in [2.24, 2.45) is 5.92 Å². The largest absolute Gasteiger partial charge is 0.493 e. The summed E-state index contributed by atoms with van der Waals surface area (Å²) in [6.45, 7) is 6.38. The van der Waals surface area contributed by atoms with Crippen molar-refractivity contribution >= 4 is 34.3 Å². The van der Waals surface area contributed by atoms with Crippen molar-refractivity contribution in [3.05, 3.63) is 89.9 Å². The van der Waals surface area contributed by atoms with Crippen LogP contribution in [-0.2, 0) is 16.8 Å². The third kappa shape index (κ3) is 7.21. The molecule has 0 aliphatic heterocycles. The van der Waals surface area contributed by atoms with Crippen LogP contribution in [0.5, 0.6) is 5.75 Å². The lowest BCUT2D eigenvalue weighted by molar-refractivity contribution is 0.102. The number of anilines is 3. The van der Waals surface area contributed by atoms with Gasteiger partial charge in [0.05, 0.1) is 18.1 Å². The minimum absolute atomic E-state index is 0.0770. The van der Waals surface area contributed by atoms with Crippen LogP contribution in [0.25, 0.3) is 11.3 Å². The zero-order valence-corrected chi connectivity index (χ0v) is 22.2. The summed E-state index contributed by atoms with van der Waals surface area (Å²) in [7, 11) is 0. The van der Waals surface area contributed by atoms with Gasteiger partial charge < -0.3 is 19.9 Å². The fraction of sp³-hybridized carbons (Fsp3) is 0.214. The Balaban J connectivity index is 1.52. The average Bonchev–Trinajstić information content (AvgIpc) is 2.90. The molecule has 1 amide bonds. The van der Waals surface area contributed by atoms with Crippen molar-refractivity contribution in [2.45, 2.75) is 26.5 Å². The summed E-state index contributed by atoms with van der Waals surface area (Å²) in [5, 5.41) is 6.14. The number of hydrogen-bond donors (Lipinski definition) is 3. The first-order chi connectivity index (χ1) is 18.3. The van der Waals surface area contributed by atoms with Gasteiger partial charge in [-0.25, -0.2) is 14.2 Å². The molecule has 0 aliphatic carbocycles. The van der Waals surface area contributed by atoms with E-state index in [0.717, 1.165) is 22.5 Å². The van der Waals surface area contributed by atoms with E-state index in [1.54, 1.807) is 36.8 Å². The number of nitrogens with zero attached hydrogens (tertiary/aromatic N) is 3. The van der Waals surface area contributed by atoms with E-state index in [0.29, 0.717) is 35.1 Å². The third-order valence-corrected chi connectivity index (χ3v) is 6.09. The van der Waals surface area contributed by atoms with Crippen LogP contribution in [0.4, 0.5) is 17.3 Å². The Hall–Kier alpha value is -4.15. The highest BCUT2D eigenvalue weighted by Gasteiger charge is 2.14. The minimum atomic E-state index is -2.03. The molecule has 2 aromatic carbocycles. The van der Waals surface area contributed by atoms with Crippen LogP contribution in [-0.4, -0.2) is 36.2 Å². The number of carbonyl (C=O) groups excluding carboxylic acids is 1. The maximum absolute atomic E-state index is 13.1. The summed E-state index contributed by atoms with van der Waals surface area (Å²) in [5.41, 5.74) is 4.83. The van der Waals surface area contributed by atoms with Gasteiger partial charge in [0.2, 0.25) is 5.95 Å². The van der Waals surface area contributed by atoms with Gasteiger partial charge >= 0.3 is 0 Å². The highest BCUT2D eigenvalue weighted by molar-refractivity contribution is 7.78. The van der Waals surface area contributed by atoms with E-state index in [1.165, 1.54) is 0 Å². The van der Waals surface area contributed by atoms with Crippen LogP contribution in [0.1, 0.15) is 35.3 Å². The van der Waals surface area contributed by atoms with Gasteiger partial charge in [-0.2, -0.15) is 0 Å². The maximum atomic E-state index is 13.1. The summed E-state index contributed by atoms with van der Waals surface area (Å²) in [6.07, 6.45) is 5.12. The van der Waals surface area contributed by atoms with Gasteiger partial charge in [-0.15, -0.1) is 0 Å². The van der Waals surface area contributed by atoms with Crippen LogP contribution in [0.2, 0.25) is 0 Å². The van der Waals surface area contributed by atoms with Gasteiger partial charge in [0, 0.05) is 46.7 Å². The van der Waals surface area contributed by atoms with E-state index in [1.807, 2.05) is 57.2 Å². The number of aromatic nitrogens is 3. The zero-order valence-electron chi connectivity index (χ0n) is 21.3. The molecule has 38 heavy (non-hydrogen) atoms. The van der Waals surface area contributed by atoms with Gasteiger partial charge in [-0.3, -0.25) is 9.78 Å². The highest BCUT2D eigenvalue weighted by Crippen LogP contribution is 2.26. The molecule has 0 saturated carbocycles. The van der Waals surface area contributed by atoms with Crippen LogP contribution >= 0.6 is 0 Å². The molecule has 10 heteroatoms. The highest BCUT2D eigenvalue weighted by atomic mass is 32.2. The van der Waals surface area contributed by atoms with Crippen molar-refractivity contribution in [3.8, 4) is 17.0 Å². The molecule has 196 valence electrons.